The van der Waals surface area contributed by atoms with Crippen LogP contribution in [0.4, 0.5) is 0 Å². The molecule has 2 heteroatoms. The second-order valence-electron chi connectivity index (χ2n) is 5.36. The molecule has 2 rings (SSSR count). The first-order valence-electron chi connectivity index (χ1n) is 5.75. The Bertz CT molecular complexity index is 140. The van der Waals surface area contributed by atoms with Gasteiger partial charge in [-0.2, -0.15) is 0 Å². The zero-order valence-electron chi connectivity index (χ0n) is 9.55. The van der Waals surface area contributed by atoms with Crippen molar-refractivity contribution in [3.05, 3.63) is 0 Å². The van der Waals surface area contributed by atoms with E-state index in [2.05, 4.69) is 13.8 Å². The molecule has 4 N–H and O–H groups in total. The molecule has 2 saturated carbocycles. The molecule has 0 aliphatic heterocycles. The Kier molecular flexibility index (Phi) is 5.68. The van der Waals surface area contributed by atoms with Gasteiger partial charge in [0, 0.05) is 0 Å². The summed E-state index contributed by atoms with van der Waals surface area (Å²) in [5, 5.41) is 0. The van der Waals surface area contributed by atoms with E-state index < -0.39 is 0 Å². The smallest absolute Gasteiger partial charge is 0.0383 e. The van der Waals surface area contributed by atoms with Crippen molar-refractivity contribution in [2.45, 2.75) is 52.4 Å². The predicted molar refractivity (Wildman–Crippen MR) is 60.2 cm³/mol. The fourth-order valence-electron chi connectivity index (χ4n) is 3.36. The highest BCUT2D eigenvalue weighted by Crippen LogP contribution is 2.44. The molecule has 14 heavy (non-hydrogen) atoms. The lowest BCUT2D eigenvalue weighted by atomic mass is 9.65. The highest BCUT2D eigenvalue weighted by atomic mass is 16.0. The van der Waals surface area contributed by atoms with Crippen LogP contribution in [-0.2, 0) is 0 Å². The zero-order chi connectivity index (χ0) is 8.55. The molecule has 4 atom stereocenters. The minimum Gasteiger partial charge on any atom is -0.412 e. The molecule has 0 saturated heterocycles. The summed E-state index contributed by atoms with van der Waals surface area (Å²) in [4.78, 5) is 0. The Labute approximate surface area is 87.7 Å². The molecule has 0 aromatic carbocycles. The second-order valence-corrected chi connectivity index (χ2v) is 5.36. The van der Waals surface area contributed by atoms with E-state index >= 15 is 0 Å². The van der Waals surface area contributed by atoms with Gasteiger partial charge < -0.3 is 11.0 Å². The van der Waals surface area contributed by atoms with Gasteiger partial charge in [-0.15, -0.1) is 0 Å². The minimum atomic E-state index is 0. The van der Waals surface area contributed by atoms with Crippen molar-refractivity contribution in [2.24, 2.45) is 23.7 Å². The van der Waals surface area contributed by atoms with Gasteiger partial charge in [0.1, 0.15) is 0 Å². The van der Waals surface area contributed by atoms with Gasteiger partial charge in [-0.05, 0) is 49.4 Å². The standard InChI is InChI=1S/C12H22.2H2O/c1-9-3-5-12-8-10(2)4-6-11(12)7-9;;/h9-12H,3-8H2,1-2H3;2*1H2. The summed E-state index contributed by atoms with van der Waals surface area (Å²) in [6.45, 7) is 4.88. The average Bonchev–Trinajstić information content (AvgIpc) is 2.05. The van der Waals surface area contributed by atoms with E-state index in [0.717, 1.165) is 23.7 Å². The lowest BCUT2D eigenvalue weighted by Gasteiger charge is -2.40. The first kappa shape index (κ1) is 13.9. The third-order valence-electron chi connectivity index (χ3n) is 4.14. The predicted octanol–water partition coefficient (Wildman–Crippen LogP) is 2.21. The summed E-state index contributed by atoms with van der Waals surface area (Å²) in [7, 11) is 0. The minimum absolute atomic E-state index is 0. The van der Waals surface area contributed by atoms with Crippen LogP contribution in [0.5, 0.6) is 0 Å². The van der Waals surface area contributed by atoms with Gasteiger partial charge in [-0.25, -0.2) is 0 Å². The molecule has 0 bridgehead atoms. The highest BCUT2D eigenvalue weighted by molar-refractivity contribution is 4.83. The largest absolute Gasteiger partial charge is 0.412 e. The number of hydrogen-bond donors (Lipinski definition) is 0. The van der Waals surface area contributed by atoms with E-state index in [9.17, 15) is 0 Å². The molecule has 0 heterocycles. The summed E-state index contributed by atoms with van der Waals surface area (Å²) in [5.41, 5.74) is 0. The number of hydrogen-bond acceptors (Lipinski definition) is 0. The van der Waals surface area contributed by atoms with Crippen molar-refractivity contribution in [3.63, 3.8) is 0 Å². The highest BCUT2D eigenvalue weighted by Gasteiger charge is 2.32. The molecule has 2 fully saturated rings. The van der Waals surface area contributed by atoms with Gasteiger partial charge in [-0.1, -0.05) is 26.7 Å². The summed E-state index contributed by atoms with van der Waals surface area (Å²) in [6.07, 6.45) is 9.17. The first-order chi connectivity index (χ1) is 5.75. The lowest BCUT2D eigenvalue weighted by Crippen LogP contribution is -2.29. The average molecular weight is 202 g/mol. The fraction of sp³-hybridized carbons (Fsp3) is 1.00. The fourth-order valence-corrected chi connectivity index (χ4v) is 3.36. The quantitative estimate of drug-likeness (QED) is 0.578. The van der Waals surface area contributed by atoms with E-state index in [4.69, 9.17) is 0 Å². The molecule has 2 nitrogen and oxygen atoms in total. The van der Waals surface area contributed by atoms with E-state index in [1.54, 1.807) is 0 Å². The normalized spacial score (nSPS) is 41.6. The van der Waals surface area contributed by atoms with Crippen LogP contribution in [-0.4, -0.2) is 11.0 Å². The van der Waals surface area contributed by atoms with Crippen LogP contribution in [0.2, 0.25) is 0 Å². The number of rotatable bonds is 0. The zero-order valence-corrected chi connectivity index (χ0v) is 9.55. The van der Waals surface area contributed by atoms with Crippen LogP contribution in [0.1, 0.15) is 52.4 Å². The van der Waals surface area contributed by atoms with Crippen molar-refractivity contribution < 1.29 is 11.0 Å². The molecular formula is C12H26O2. The maximum Gasteiger partial charge on any atom is -0.0383 e. The van der Waals surface area contributed by atoms with Gasteiger partial charge in [-0.3, -0.25) is 0 Å². The van der Waals surface area contributed by atoms with Crippen LogP contribution in [0, 0.1) is 23.7 Å². The Morgan fingerprint density at radius 1 is 0.643 bits per heavy atom. The van der Waals surface area contributed by atoms with Gasteiger partial charge in [0.2, 0.25) is 0 Å². The Hall–Kier alpha value is -0.0800. The van der Waals surface area contributed by atoms with Crippen LogP contribution in [0.15, 0.2) is 0 Å². The van der Waals surface area contributed by atoms with Gasteiger partial charge in [0.15, 0.2) is 0 Å². The van der Waals surface area contributed by atoms with E-state index in [1.165, 1.54) is 38.5 Å². The topological polar surface area (TPSA) is 63.0 Å². The summed E-state index contributed by atoms with van der Waals surface area (Å²) in [6, 6.07) is 0. The van der Waals surface area contributed by atoms with Crippen LogP contribution in [0.3, 0.4) is 0 Å². The van der Waals surface area contributed by atoms with E-state index in [0.29, 0.717) is 0 Å². The van der Waals surface area contributed by atoms with Gasteiger partial charge in [0.05, 0.1) is 0 Å². The molecule has 0 aromatic heterocycles. The molecule has 4 unspecified atom stereocenters. The molecule has 0 radical (unpaired) electrons. The molecule has 2 aliphatic rings. The molecular weight excluding hydrogens is 176 g/mol. The Morgan fingerprint density at radius 2 is 1.00 bits per heavy atom. The van der Waals surface area contributed by atoms with Crippen LogP contribution >= 0.6 is 0 Å². The van der Waals surface area contributed by atoms with E-state index in [-0.39, 0.29) is 11.0 Å². The van der Waals surface area contributed by atoms with Crippen molar-refractivity contribution >= 4 is 0 Å². The maximum atomic E-state index is 2.44. The van der Waals surface area contributed by atoms with Crippen LogP contribution < -0.4 is 0 Å². The van der Waals surface area contributed by atoms with Crippen molar-refractivity contribution in [1.82, 2.24) is 0 Å². The first-order valence-corrected chi connectivity index (χ1v) is 5.75. The Balaban J connectivity index is 0.000000845. The van der Waals surface area contributed by atoms with E-state index in [1.807, 2.05) is 0 Å². The third kappa shape index (κ3) is 2.96. The maximum absolute atomic E-state index is 2.44. The number of fused-ring (bicyclic) bond motifs is 1. The molecule has 0 aromatic rings. The summed E-state index contributed by atoms with van der Waals surface area (Å²) in [5.74, 6) is 4.29. The lowest BCUT2D eigenvalue weighted by molar-refractivity contribution is 0.109. The van der Waals surface area contributed by atoms with Crippen LogP contribution in [0.25, 0.3) is 0 Å². The van der Waals surface area contributed by atoms with Crippen molar-refractivity contribution in [2.75, 3.05) is 0 Å². The SMILES string of the molecule is CC1CCC2CC(C)CCC2C1.O.O. The molecule has 2 aliphatic carbocycles. The van der Waals surface area contributed by atoms with Crippen molar-refractivity contribution in [1.29, 1.82) is 0 Å². The molecule has 86 valence electrons. The van der Waals surface area contributed by atoms with Gasteiger partial charge in [0.25, 0.3) is 0 Å². The monoisotopic (exact) mass is 202 g/mol. The molecule has 0 spiro atoms. The third-order valence-corrected chi connectivity index (χ3v) is 4.14. The summed E-state index contributed by atoms with van der Waals surface area (Å²) >= 11 is 0. The van der Waals surface area contributed by atoms with Gasteiger partial charge >= 0.3 is 0 Å². The molecule has 0 amide bonds. The second kappa shape index (κ2) is 5.72. The van der Waals surface area contributed by atoms with Crippen molar-refractivity contribution in [3.8, 4) is 0 Å². The Morgan fingerprint density at radius 3 is 1.36 bits per heavy atom. The summed E-state index contributed by atoms with van der Waals surface area (Å²) < 4.78 is 0.